The summed E-state index contributed by atoms with van der Waals surface area (Å²) in [6.45, 7) is 6.57. The average Bonchev–Trinajstić information content (AvgIpc) is 2.55. The minimum Gasteiger partial charge on any atom is -0.355 e. The van der Waals surface area contributed by atoms with Crippen molar-refractivity contribution in [1.29, 1.82) is 0 Å². The molecule has 0 heterocycles. The first-order chi connectivity index (χ1) is 11.0. The van der Waals surface area contributed by atoms with Crippen LogP contribution >= 0.6 is 35.7 Å². The van der Waals surface area contributed by atoms with Crippen LogP contribution in [-0.2, 0) is 4.79 Å². The molecule has 0 aromatic rings. The molecule has 0 atom stereocenters. The number of carbonyl (C=O) groups excluding carboxylic acids is 1. The van der Waals surface area contributed by atoms with Gasteiger partial charge in [-0.2, -0.15) is 11.8 Å². The standard InChI is InChI=1S/C17H34N4OS.HI/c1-17(2,23-4)13-21-16(18-3)20-11-10-19-15(22)12-14-8-6-5-7-9-14;/h14H,5-13H2,1-4H3,(H,19,22)(H2,18,20,21);1H. The fraction of sp³-hybridized carbons (Fsp3) is 0.882. The lowest BCUT2D eigenvalue weighted by atomic mass is 9.87. The molecule has 0 saturated heterocycles. The van der Waals surface area contributed by atoms with E-state index < -0.39 is 0 Å². The Morgan fingerprint density at radius 3 is 2.33 bits per heavy atom. The van der Waals surface area contributed by atoms with Gasteiger partial charge in [0, 0.05) is 37.8 Å². The smallest absolute Gasteiger partial charge is 0.220 e. The van der Waals surface area contributed by atoms with Crippen LogP contribution in [0.5, 0.6) is 0 Å². The Kier molecular flexibility index (Phi) is 13.0. The van der Waals surface area contributed by atoms with E-state index >= 15 is 0 Å². The quantitative estimate of drug-likeness (QED) is 0.221. The Labute approximate surface area is 169 Å². The Morgan fingerprint density at radius 1 is 1.12 bits per heavy atom. The largest absolute Gasteiger partial charge is 0.355 e. The molecule has 7 heteroatoms. The van der Waals surface area contributed by atoms with Crippen LogP contribution in [0.4, 0.5) is 0 Å². The van der Waals surface area contributed by atoms with Gasteiger partial charge in [0.15, 0.2) is 5.96 Å². The molecule has 0 unspecified atom stereocenters. The van der Waals surface area contributed by atoms with E-state index in [-0.39, 0.29) is 34.6 Å². The molecule has 1 saturated carbocycles. The molecule has 0 radical (unpaired) electrons. The number of thioether (sulfide) groups is 1. The molecule has 5 nitrogen and oxygen atoms in total. The van der Waals surface area contributed by atoms with Gasteiger partial charge in [-0.25, -0.2) is 0 Å². The van der Waals surface area contributed by atoms with Gasteiger partial charge in [0.1, 0.15) is 0 Å². The first-order valence-corrected chi connectivity index (χ1v) is 9.95. The highest BCUT2D eigenvalue weighted by atomic mass is 127. The minimum absolute atomic E-state index is 0. The fourth-order valence-electron chi connectivity index (χ4n) is 2.70. The summed E-state index contributed by atoms with van der Waals surface area (Å²) in [6.07, 6.45) is 9.14. The SMILES string of the molecule is CN=C(NCCNC(=O)CC1CCCCC1)NCC(C)(C)SC.I. The lowest BCUT2D eigenvalue weighted by molar-refractivity contribution is -0.122. The maximum absolute atomic E-state index is 11.9. The van der Waals surface area contributed by atoms with Crippen molar-refractivity contribution in [2.24, 2.45) is 10.9 Å². The van der Waals surface area contributed by atoms with Gasteiger partial charge in [-0.15, -0.1) is 24.0 Å². The number of hydrogen-bond donors (Lipinski definition) is 3. The van der Waals surface area contributed by atoms with Crippen LogP contribution in [0.1, 0.15) is 52.4 Å². The second kappa shape index (κ2) is 13.1. The van der Waals surface area contributed by atoms with Crippen LogP contribution in [-0.4, -0.2) is 49.6 Å². The van der Waals surface area contributed by atoms with E-state index in [0.717, 1.165) is 12.5 Å². The lowest BCUT2D eigenvalue weighted by Gasteiger charge is -2.24. The van der Waals surface area contributed by atoms with Crippen LogP contribution in [0.25, 0.3) is 0 Å². The van der Waals surface area contributed by atoms with Crippen molar-refractivity contribution in [1.82, 2.24) is 16.0 Å². The Hall–Kier alpha value is -0.180. The zero-order valence-corrected chi connectivity index (χ0v) is 18.8. The summed E-state index contributed by atoms with van der Waals surface area (Å²) in [7, 11) is 1.77. The number of aliphatic imine (C=N–C) groups is 1. The maximum atomic E-state index is 11.9. The molecule has 142 valence electrons. The number of amides is 1. The number of nitrogens with one attached hydrogen (secondary N) is 3. The maximum Gasteiger partial charge on any atom is 0.220 e. The van der Waals surface area contributed by atoms with E-state index in [1.807, 2.05) is 11.8 Å². The first-order valence-electron chi connectivity index (χ1n) is 8.73. The van der Waals surface area contributed by atoms with Crippen LogP contribution in [0.15, 0.2) is 4.99 Å². The summed E-state index contributed by atoms with van der Waals surface area (Å²) in [6, 6.07) is 0. The second-order valence-electron chi connectivity index (χ2n) is 6.87. The molecule has 0 bridgehead atoms. The fourth-order valence-corrected chi connectivity index (χ4v) is 2.91. The van der Waals surface area contributed by atoms with Crippen molar-refractivity contribution in [2.45, 2.75) is 57.1 Å². The topological polar surface area (TPSA) is 65.5 Å². The molecule has 1 amide bonds. The van der Waals surface area contributed by atoms with Gasteiger partial charge in [-0.1, -0.05) is 19.3 Å². The van der Waals surface area contributed by atoms with E-state index in [4.69, 9.17) is 0 Å². The molecule has 1 rings (SSSR count). The second-order valence-corrected chi connectivity index (χ2v) is 8.39. The van der Waals surface area contributed by atoms with Gasteiger partial charge < -0.3 is 16.0 Å². The summed E-state index contributed by atoms with van der Waals surface area (Å²) in [5, 5.41) is 9.56. The minimum atomic E-state index is 0. The molecule has 1 aliphatic carbocycles. The highest BCUT2D eigenvalue weighted by molar-refractivity contribution is 14.0. The van der Waals surface area contributed by atoms with Crippen molar-refractivity contribution in [3.8, 4) is 0 Å². The van der Waals surface area contributed by atoms with Gasteiger partial charge in [-0.3, -0.25) is 9.79 Å². The van der Waals surface area contributed by atoms with Crippen LogP contribution in [0, 0.1) is 5.92 Å². The molecule has 0 aromatic carbocycles. The van der Waals surface area contributed by atoms with Crippen molar-refractivity contribution in [3.63, 3.8) is 0 Å². The highest BCUT2D eigenvalue weighted by Crippen LogP contribution is 2.25. The van der Waals surface area contributed by atoms with E-state index in [9.17, 15) is 4.79 Å². The zero-order valence-electron chi connectivity index (χ0n) is 15.6. The van der Waals surface area contributed by atoms with Gasteiger partial charge >= 0.3 is 0 Å². The number of halogens is 1. The third-order valence-corrected chi connectivity index (χ3v) is 5.65. The number of rotatable bonds is 8. The monoisotopic (exact) mass is 470 g/mol. The van der Waals surface area contributed by atoms with E-state index in [1.54, 1.807) is 7.05 Å². The Bertz CT molecular complexity index is 385. The summed E-state index contributed by atoms with van der Waals surface area (Å²) in [5.41, 5.74) is 0. The average molecular weight is 470 g/mol. The van der Waals surface area contributed by atoms with E-state index in [1.165, 1.54) is 32.1 Å². The predicted molar refractivity (Wildman–Crippen MR) is 117 cm³/mol. The molecule has 0 aromatic heterocycles. The summed E-state index contributed by atoms with van der Waals surface area (Å²) in [4.78, 5) is 16.1. The first kappa shape index (κ1) is 23.8. The number of guanidine groups is 1. The molecule has 1 fully saturated rings. The molecule has 0 aliphatic heterocycles. The van der Waals surface area contributed by atoms with Crippen LogP contribution in [0.3, 0.4) is 0 Å². The number of carbonyl (C=O) groups is 1. The van der Waals surface area contributed by atoms with Crippen molar-refractivity contribution < 1.29 is 4.79 Å². The van der Waals surface area contributed by atoms with E-state index in [0.29, 0.717) is 25.4 Å². The van der Waals surface area contributed by atoms with Crippen LogP contribution in [0.2, 0.25) is 0 Å². The molecule has 0 spiro atoms. The van der Waals surface area contributed by atoms with E-state index in [2.05, 4.69) is 41.0 Å². The van der Waals surface area contributed by atoms with Crippen molar-refractivity contribution >= 4 is 47.6 Å². The van der Waals surface area contributed by atoms with Gasteiger partial charge in [0.2, 0.25) is 5.91 Å². The predicted octanol–water partition coefficient (Wildman–Crippen LogP) is 3.00. The van der Waals surface area contributed by atoms with Gasteiger partial charge in [-0.05, 0) is 38.9 Å². The zero-order chi connectivity index (χ0) is 17.1. The highest BCUT2D eigenvalue weighted by Gasteiger charge is 2.17. The lowest BCUT2D eigenvalue weighted by Crippen LogP contribution is -2.45. The molecule has 1 aliphatic rings. The normalized spacial score (nSPS) is 16.2. The number of hydrogen-bond acceptors (Lipinski definition) is 3. The third kappa shape index (κ3) is 10.6. The summed E-state index contributed by atoms with van der Waals surface area (Å²) >= 11 is 1.83. The van der Waals surface area contributed by atoms with Crippen molar-refractivity contribution in [2.75, 3.05) is 32.9 Å². The number of nitrogens with zero attached hydrogens (tertiary/aromatic N) is 1. The van der Waals surface area contributed by atoms with Crippen LogP contribution < -0.4 is 16.0 Å². The summed E-state index contributed by atoms with van der Waals surface area (Å²) in [5.74, 6) is 1.57. The van der Waals surface area contributed by atoms with Gasteiger partial charge in [0.25, 0.3) is 0 Å². The Balaban J connectivity index is 0.00000529. The molecule has 24 heavy (non-hydrogen) atoms. The molecular formula is C17H35IN4OS. The summed E-state index contributed by atoms with van der Waals surface area (Å²) < 4.78 is 0.172. The molecular weight excluding hydrogens is 435 g/mol. The Morgan fingerprint density at radius 2 is 1.75 bits per heavy atom. The third-order valence-electron chi connectivity index (χ3n) is 4.40. The molecule has 3 N–H and O–H groups in total. The van der Waals surface area contributed by atoms with Gasteiger partial charge in [0.05, 0.1) is 0 Å². The van der Waals surface area contributed by atoms with Crippen molar-refractivity contribution in [3.05, 3.63) is 0 Å².